The van der Waals surface area contributed by atoms with E-state index < -0.39 is 11.4 Å². The zero-order chi connectivity index (χ0) is 12.6. The molecule has 0 fully saturated rings. The first-order valence-electron chi connectivity index (χ1n) is 6.72. The van der Waals surface area contributed by atoms with Gasteiger partial charge in [0.1, 0.15) is 0 Å². The van der Waals surface area contributed by atoms with Gasteiger partial charge in [0.2, 0.25) is 0 Å². The molecule has 96 valence electrons. The van der Waals surface area contributed by atoms with Gasteiger partial charge in [-0.25, -0.2) is 0 Å². The molecule has 1 N–H and O–H groups in total. The summed E-state index contributed by atoms with van der Waals surface area (Å²) >= 11 is 0. The molecule has 0 atom stereocenters. The minimum absolute atomic E-state index is 0.460. The van der Waals surface area contributed by atoms with Crippen LogP contribution in [0.15, 0.2) is 0 Å². The Labute approximate surface area is 100 Å². The molecule has 0 aliphatic heterocycles. The molecular formula is C14H28O2. The average Bonchev–Trinajstić information content (AvgIpc) is 2.23. The van der Waals surface area contributed by atoms with Crippen LogP contribution >= 0.6 is 0 Å². The Bertz CT molecular complexity index is 193. The first-order valence-corrected chi connectivity index (χ1v) is 6.72. The average molecular weight is 228 g/mol. The number of hydrogen-bond acceptors (Lipinski definition) is 1. The first-order chi connectivity index (χ1) is 7.48. The van der Waals surface area contributed by atoms with E-state index in [1.54, 1.807) is 0 Å². The van der Waals surface area contributed by atoms with Gasteiger partial charge in [0.15, 0.2) is 0 Å². The molecule has 0 saturated carbocycles. The molecule has 0 aliphatic carbocycles. The fourth-order valence-corrected chi connectivity index (χ4v) is 2.21. The van der Waals surface area contributed by atoms with Gasteiger partial charge in [0.05, 0.1) is 5.41 Å². The SMILES string of the molecule is CCC(CC)(CCCCCC(C)C)C(=O)O. The summed E-state index contributed by atoms with van der Waals surface area (Å²) in [5, 5.41) is 9.27. The predicted molar refractivity (Wildman–Crippen MR) is 68.6 cm³/mol. The van der Waals surface area contributed by atoms with Gasteiger partial charge in [-0.3, -0.25) is 4.79 Å². The number of carboxylic acid groups (broad SMARTS) is 1. The Morgan fingerprint density at radius 1 is 1.12 bits per heavy atom. The van der Waals surface area contributed by atoms with Crippen LogP contribution in [0.4, 0.5) is 0 Å². The van der Waals surface area contributed by atoms with Crippen LogP contribution in [-0.2, 0) is 4.79 Å². The Hall–Kier alpha value is -0.530. The van der Waals surface area contributed by atoms with Gasteiger partial charge in [-0.1, -0.05) is 53.4 Å². The molecule has 0 aromatic rings. The van der Waals surface area contributed by atoms with E-state index in [2.05, 4.69) is 13.8 Å². The van der Waals surface area contributed by atoms with Crippen molar-refractivity contribution < 1.29 is 9.90 Å². The second-order valence-electron chi connectivity index (χ2n) is 5.29. The molecule has 0 heterocycles. The van der Waals surface area contributed by atoms with E-state index in [1.165, 1.54) is 19.3 Å². The Kier molecular flexibility index (Phi) is 7.44. The molecule has 0 aliphatic rings. The van der Waals surface area contributed by atoms with Crippen LogP contribution in [0.3, 0.4) is 0 Å². The van der Waals surface area contributed by atoms with Gasteiger partial charge < -0.3 is 5.11 Å². The lowest BCUT2D eigenvalue weighted by Gasteiger charge is -2.26. The quantitative estimate of drug-likeness (QED) is 0.591. The lowest BCUT2D eigenvalue weighted by atomic mass is 9.78. The van der Waals surface area contributed by atoms with Crippen molar-refractivity contribution in [3.8, 4) is 0 Å². The van der Waals surface area contributed by atoms with E-state index in [0.717, 1.165) is 31.6 Å². The van der Waals surface area contributed by atoms with Crippen LogP contribution in [-0.4, -0.2) is 11.1 Å². The first kappa shape index (κ1) is 15.5. The topological polar surface area (TPSA) is 37.3 Å². The summed E-state index contributed by atoms with van der Waals surface area (Å²) in [5.41, 5.74) is -0.460. The van der Waals surface area contributed by atoms with E-state index in [4.69, 9.17) is 0 Å². The van der Waals surface area contributed by atoms with Crippen LogP contribution in [0.1, 0.15) is 72.6 Å². The minimum Gasteiger partial charge on any atom is -0.481 e. The van der Waals surface area contributed by atoms with Gasteiger partial charge in [-0.2, -0.15) is 0 Å². The lowest BCUT2D eigenvalue weighted by molar-refractivity contribution is -0.150. The van der Waals surface area contributed by atoms with E-state index in [1.807, 2.05) is 13.8 Å². The van der Waals surface area contributed by atoms with E-state index in [9.17, 15) is 9.90 Å². The fourth-order valence-electron chi connectivity index (χ4n) is 2.21. The molecule has 0 unspecified atom stereocenters. The number of aliphatic carboxylic acids is 1. The molecule has 0 rings (SSSR count). The highest BCUT2D eigenvalue weighted by molar-refractivity contribution is 5.74. The zero-order valence-corrected chi connectivity index (χ0v) is 11.4. The van der Waals surface area contributed by atoms with Gasteiger partial charge >= 0.3 is 5.97 Å². The summed E-state index contributed by atoms with van der Waals surface area (Å²) in [5.74, 6) is 0.156. The molecule has 0 saturated heterocycles. The second kappa shape index (κ2) is 7.70. The van der Waals surface area contributed by atoms with Gasteiger partial charge in [-0.05, 0) is 25.2 Å². The third-order valence-electron chi connectivity index (χ3n) is 3.74. The van der Waals surface area contributed by atoms with Gasteiger partial charge in [-0.15, -0.1) is 0 Å². The summed E-state index contributed by atoms with van der Waals surface area (Å²) in [6.07, 6.45) is 7.08. The molecule has 2 heteroatoms. The van der Waals surface area contributed by atoms with Crippen molar-refractivity contribution in [2.45, 2.75) is 72.6 Å². The largest absolute Gasteiger partial charge is 0.481 e. The summed E-state index contributed by atoms with van der Waals surface area (Å²) in [4.78, 5) is 11.3. The molecule has 0 spiro atoms. The highest BCUT2D eigenvalue weighted by Gasteiger charge is 2.33. The van der Waals surface area contributed by atoms with E-state index in [0.29, 0.717) is 0 Å². The van der Waals surface area contributed by atoms with Crippen molar-refractivity contribution in [3.63, 3.8) is 0 Å². The van der Waals surface area contributed by atoms with E-state index in [-0.39, 0.29) is 0 Å². The zero-order valence-electron chi connectivity index (χ0n) is 11.4. The standard InChI is InChI=1S/C14H28O2/c1-5-14(6-2,13(15)16)11-9-7-8-10-12(3)4/h12H,5-11H2,1-4H3,(H,15,16). The van der Waals surface area contributed by atoms with Crippen molar-refractivity contribution in [2.75, 3.05) is 0 Å². The van der Waals surface area contributed by atoms with E-state index >= 15 is 0 Å². The highest BCUT2D eigenvalue weighted by Crippen LogP contribution is 2.33. The smallest absolute Gasteiger partial charge is 0.309 e. The van der Waals surface area contributed by atoms with Crippen molar-refractivity contribution in [2.24, 2.45) is 11.3 Å². The predicted octanol–water partition coefficient (Wildman–Crippen LogP) is 4.48. The number of hydrogen-bond donors (Lipinski definition) is 1. The molecule has 0 radical (unpaired) electrons. The fraction of sp³-hybridized carbons (Fsp3) is 0.929. The number of carbonyl (C=O) groups is 1. The molecule has 0 bridgehead atoms. The van der Waals surface area contributed by atoms with Gasteiger partial charge in [0.25, 0.3) is 0 Å². The Balaban J connectivity index is 3.90. The van der Waals surface area contributed by atoms with Crippen molar-refractivity contribution in [3.05, 3.63) is 0 Å². The number of rotatable bonds is 9. The van der Waals surface area contributed by atoms with Gasteiger partial charge in [0, 0.05) is 0 Å². The molecule has 0 amide bonds. The lowest BCUT2D eigenvalue weighted by Crippen LogP contribution is -2.29. The summed E-state index contributed by atoms with van der Waals surface area (Å²) in [7, 11) is 0. The summed E-state index contributed by atoms with van der Waals surface area (Å²) < 4.78 is 0. The van der Waals surface area contributed by atoms with Crippen molar-refractivity contribution >= 4 is 5.97 Å². The van der Waals surface area contributed by atoms with Crippen LogP contribution < -0.4 is 0 Å². The van der Waals surface area contributed by atoms with Crippen LogP contribution in [0, 0.1) is 11.3 Å². The monoisotopic (exact) mass is 228 g/mol. The third kappa shape index (κ3) is 5.00. The van der Waals surface area contributed by atoms with Crippen LogP contribution in [0.2, 0.25) is 0 Å². The van der Waals surface area contributed by atoms with Crippen LogP contribution in [0.5, 0.6) is 0 Å². The highest BCUT2D eigenvalue weighted by atomic mass is 16.4. The summed E-state index contributed by atoms with van der Waals surface area (Å²) in [6, 6.07) is 0. The minimum atomic E-state index is -0.610. The maximum absolute atomic E-state index is 11.3. The van der Waals surface area contributed by atoms with Crippen LogP contribution in [0.25, 0.3) is 0 Å². The molecule has 16 heavy (non-hydrogen) atoms. The Morgan fingerprint density at radius 3 is 2.06 bits per heavy atom. The molecule has 0 aromatic carbocycles. The number of carboxylic acids is 1. The maximum atomic E-state index is 11.3. The maximum Gasteiger partial charge on any atom is 0.309 e. The Morgan fingerprint density at radius 2 is 1.69 bits per heavy atom. The third-order valence-corrected chi connectivity index (χ3v) is 3.74. The molecular weight excluding hydrogens is 200 g/mol. The van der Waals surface area contributed by atoms with Crippen molar-refractivity contribution in [1.82, 2.24) is 0 Å². The number of unbranched alkanes of at least 4 members (excludes halogenated alkanes) is 2. The normalized spacial score (nSPS) is 12.1. The second-order valence-corrected chi connectivity index (χ2v) is 5.29. The molecule has 0 aromatic heterocycles. The molecule has 2 nitrogen and oxygen atoms in total. The van der Waals surface area contributed by atoms with Crippen molar-refractivity contribution in [1.29, 1.82) is 0 Å². The summed E-state index contributed by atoms with van der Waals surface area (Å²) in [6.45, 7) is 8.46.